The van der Waals surface area contributed by atoms with Crippen LogP contribution in [0.5, 0.6) is 0 Å². The molecular weight excluding hydrogens is 288 g/mol. The molecule has 0 fully saturated rings. The molecule has 0 saturated heterocycles. The van der Waals surface area contributed by atoms with E-state index in [1.807, 2.05) is 0 Å². The molecular formula is C11H10N2O4S2. The maximum Gasteiger partial charge on any atom is 0.345 e. The first-order valence-electron chi connectivity index (χ1n) is 5.25. The van der Waals surface area contributed by atoms with Gasteiger partial charge in [0, 0.05) is 11.1 Å². The fraction of sp³-hybridized carbons (Fsp3) is 0.182. The number of nitrogens with zero attached hydrogens (tertiary/aromatic N) is 1. The molecule has 2 aromatic rings. The fourth-order valence-corrected chi connectivity index (χ4v) is 2.93. The van der Waals surface area contributed by atoms with Crippen LogP contribution in [0.15, 0.2) is 22.3 Å². The molecule has 0 saturated carbocycles. The lowest BCUT2D eigenvalue weighted by Crippen LogP contribution is -2.24. The molecule has 0 atom stereocenters. The van der Waals surface area contributed by atoms with Gasteiger partial charge in [-0.15, -0.1) is 11.3 Å². The molecule has 2 heterocycles. The highest BCUT2D eigenvalue weighted by Crippen LogP contribution is 2.21. The normalized spacial score (nSPS) is 10.4. The van der Waals surface area contributed by atoms with Gasteiger partial charge in [-0.1, -0.05) is 11.3 Å². The van der Waals surface area contributed by atoms with Gasteiger partial charge < -0.3 is 10.4 Å². The quantitative estimate of drug-likeness (QED) is 0.897. The van der Waals surface area contributed by atoms with Gasteiger partial charge in [0.2, 0.25) is 5.91 Å². The van der Waals surface area contributed by atoms with Gasteiger partial charge in [-0.2, -0.15) is 0 Å². The number of hydrogen-bond donors (Lipinski definition) is 2. The average molecular weight is 298 g/mol. The van der Waals surface area contributed by atoms with E-state index >= 15 is 0 Å². The van der Waals surface area contributed by atoms with E-state index in [0.29, 0.717) is 5.00 Å². The summed E-state index contributed by atoms with van der Waals surface area (Å²) in [5.74, 6) is -1.39. The van der Waals surface area contributed by atoms with Crippen molar-refractivity contribution in [2.24, 2.45) is 0 Å². The summed E-state index contributed by atoms with van der Waals surface area (Å²) >= 11 is 2.01. The molecule has 6 nitrogen and oxygen atoms in total. The van der Waals surface area contributed by atoms with Crippen molar-refractivity contribution in [3.8, 4) is 0 Å². The molecule has 0 aromatic carbocycles. The van der Waals surface area contributed by atoms with Crippen LogP contribution in [-0.4, -0.2) is 21.6 Å². The monoisotopic (exact) mass is 298 g/mol. The number of thiazole rings is 1. The maximum absolute atomic E-state index is 11.8. The van der Waals surface area contributed by atoms with Crippen molar-refractivity contribution in [1.29, 1.82) is 0 Å². The minimum Gasteiger partial charge on any atom is -0.477 e. The number of aromatic nitrogens is 1. The van der Waals surface area contributed by atoms with Crippen LogP contribution in [0, 0.1) is 6.92 Å². The van der Waals surface area contributed by atoms with Gasteiger partial charge in [0.1, 0.15) is 11.4 Å². The second-order valence-corrected chi connectivity index (χ2v) is 5.65. The highest BCUT2D eigenvalue weighted by Gasteiger charge is 2.11. The standard InChI is InChI=1S/C11H10N2O4S2/c1-6-5-18-11(17)13(6)4-8(14)12-9-3-2-7(19-9)10(15)16/h2-3,5H,4H2,1H3,(H,12,14)(H,15,16). The Hall–Kier alpha value is -1.93. The second-order valence-electron chi connectivity index (χ2n) is 3.75. The highest BCUT2D eigenvalue weighted by molar-refractivity contribution is 7.18. The number of carboxylic acid groups (broad SMARTS) is 1. The van der Waals surface area contributed by atoms with Crippen LogP contribution in [0.4, 0.5) is 5.00 Å². The van der Waals surface area contributed by atoms with Crippen molar-refractivity contribution >= 4 is 39.6 Å². The van der Waals surface area contributed by atoms with Crippen molar-refractivity contribution in [2.45, 2.75) is 13.5 Å². The van der Waals surface area contributed by atoms with Crippen molar-refractivity contribution in [1.82, 2.24) is 4.57 Å². The van der Waals surface area contributed by atoms with Gasteiger partial charge in [-0.25, -0.2) is 4.79 Å². The third-order valence-electron chi connectivity index (χ3n) is 2.36. The van der Waals surface area contributed by atoms with E-state index in [2.05, 4.69) is 5.32 Å². The molecule has 2 aromatic heterocycles. The number of carboxylic acids is 1. The number of carbonyl (C=O) groups excluding carboxylic acids is 1. The van der Waals surface area contributed by atoms with Crippen molar-refractivity contribution in [3.63, 3.8) is 0 Å². The first-order valence-corrected chi connectivity index (χ1v) is 6.95. The third-order valence-corrected chi connectivity index (χ3v) is 4.23. The summed E-state index contributed by atoms with van der Waals surface area (Å²) in [6.45, 7) is 1.67. The van der Waals surface area contributed by atoms with Gasteiger partial charge in [0.15, 0.2) is 0 Å². The Kier molecular flexibility index (Phi) is 3.82. The molecule has 0 aliphatic heterocycles. The van der Waals surface area contributed by atoms with Gasteiger partial charge in [-0.05, 0) is 19.1 Å². The van der Waals surface area contributed by atoms with Crippen LogP contribution in [0.1, 0.15) is 15.4 Å². The van der Waals surface area contributed by atoms with Gasteiger partial charge in [0.25, 0.3) is 0 Å². The van der Waals surface area contributed by atoms with Crippen LogP contribution in [0.2, 0.25) is 0 Å². The number of amides is 1. The van der Waals surface area contributed by atoms with Gasteiger partial charge in [-0.3, -0.25) is 14.2 Å². The first-order chi connectivity index (χ1) is 8.97. The summed E-state index contributed by atoms with van der Waals surface area (Å²) in [4.78, 5) is 33.9. The van der Waals surface area contributed by atoms with Gasteiger partial charge in [0.05, 0.1) is 5.00 Å². The number of nitrogens with one attached hydrogen (secondary N) is 1. The van der Waals surface area contributed by atoms with Gasteiger partial charge >= 0.3 is 10.8 Å². The summed E-state index contributed by atoms with van der Waals surface area (Å²) < 4.78 is 1.37. The minimum absolute atomic E-state index is 0.0749. The largest absolute Gasteiger partial charge is 0.477 e. The summed E-state index contributed by atoms with van der Waals surface area (Å²) in [6, 6.07) is 2.94. The number of carbonyl (C=O) groups is 2. The van der Waals surface area contributed by atoms with Crippen LogP contribution >= 0.6 is 22.7 Å². The SMILES string of the molecule is Cc1csc(=O)n1CC(=O)Nc1ccc(C(=O)O)s1. The molecule has 0 unspecified atom stereocenters. The fourth-order valence-electron chi connectivity index (χ4n) is 1.44. The van der Waals surface area contributed by atoms with Crippen LogP contribution < -0.4 is 10.2 Å². The summed E-state index contributed by atoms with van der Waals surface area (Å²) in [7, 11) is 0. The molecule has 100 valence electrons. The van der Waals surface area contributed by atoms with Crippen molar-refractivity contribution in [2.75, 3.05) is 5.32 Å². The molecule has 0 bridgehead atoms. The summed E-state index contributed by atoms with van der Waals surface area (Å²) in [5.41, 5.74) is 0.725. The molecule has 2 rings (SSSR count). The zero-order valence-electron chi connectivity index (χ0n) is 9.87. The lowest BCUT2D eigenvalue weighted by Gasteiger charge is -2.04. The Morgan fingerprint density at radius 3 is 2.68 bits per heavy atom. The number of aryl methyl sites for hydroxylation is 1. The predicted molar refractivity (Wildman–Crippen MR) is 73.2 cm³/mol. The topological polar surface area (TPSA) is 88.4 Å². The minimum atomic E-state index is -1.03. The zero-order valence-corrected chi connectivity index (χ0v) is 11.5. The zero-order chi connectivity index (χ0) is 14.0. The van der Waals surface area contributed by atoms with Crippen LogP contribution in [0.25, 0.3) is 0 Å². The molecule has 0 aliphatic carbocycles. The Balaban J connectivity index is 2.05. The van der Waals surface area contributed by atoms with Crippen LogP contribution in [-0.2, 0) is 11.3 Å². The third kappa shape index (κ3) is 3.09. The predicted octanol–water partition coefficient (Wildman–Crippen LogP) is 1.62. The van der Waals surface area contributed by atoms with E-state index in [9.17, 15) is 14.4 Å². The second kappa shape index (κ2) is 5.37. The number of hydrogen-bond acceptors (Lipinski definition) is 5. The van der Waals surface area contributed by atoms with Crippen molar-refractivity contribution < 1.29 is 14.7 Å². The summed E-state index contributed by atoms with van der Waals surface area (Å²) in [5, 5.41) is 13.5. The van der Waals surface area contributed by atoms with E-state index < -0.39 is 5.97 Å². The van der Waals surface area contributed by atoms with Crippen molar-refractivity contribution in [3.05, 3.63) is 37.8 Å². The number of rotatable bonds is 4. The van der Waals surface area contributed by atoms with E-state index in [0.717, 1.165) is 28.4 Å². The van der Waals surface area contributed by atoms with E-state index in [1.165, 1.54) is 16.7 Å². The average Bonchev–Trinajstić information content (AvgIpc) is 2.91. The van der Waals surface area contributed by atoms with E-state index in [-0.39, 0.29) is 22.2 Å². The maximum atomic E-state index is 11.8. The molecule has 19 heavy (non-hydrogen) atoms. The Labute approximate surface area is 115 Å². The Bertz CT molecular complexity index is 683. The number of thiophene rings is 1. The molecule has 0 aliphatic rings. The Morgan fingerprint density at radius 2 is 2.16 bits per heavy atom. The molecule has 2 N–H and O–H groups in total. The highest BCUT2D eigenvalue weighted by atomic mass is 32.1. The van der Waals surface area contributed by atoms with E-state index in [4.69, 9.17) is 5.11 Å². The molecule has 1 amide bonds. The lowest BCUT2D eigenvalue weighted by molar-refractivity contribution is -0.116. The molecule has 8 heteroatoms. The Morgan fingerprint density at radius 1 is 1.42 bits per heavy atom. The lowest BCUT2D eigenvalue weighted by atomic mass is 10.4. The molecule has 0 spiro atoms. The van der Waals surface area contributed by atoms with Crippen LogP contribution in [0.3, 0.4) is 0 Å². The van der Waals surface area contributed by atoms with E-state index in [1.54, 1.807) is 12.3 Å². The molecule has 0 radical (unpaired) electrons. The first kappa shape index (κ1) is 13.5. The number of aromatic carboxylic acids is 1. The number of anilines is 1. The summed E-state index contributed by atoms with van der Waals surface area (Å²) in [6.07, 6.45) is 0. The smallest absolute Gasteiger partial charge is 0.345 e.